The Balaban J connectivity index is 1.89. The first-order chi connectivity index (χ1) is 16.7. The molecule has 0 aliphatic carbocycles. The SMILES string of the molecule is COCC(=O)NCCCn1c(-c2ccc(OC(F)(F)F)cc2)csc1=NC(=O)c1ccnc(C)c1. The molecule has 0 fully saturated rings. The first-order valence-corrected chi connectivity index (χ1v) is 11.4. The van der Waals surface area contributed by atoms with Gasteiger partial charge >= 0.3 is 6.36 Å². The van der Waals surface area contributed by atoms with E-state index in [9.17, 15) is 22.8 Å². The summed E-state index contributed by atoms with van der Waals surface area (Å²) >= 11 is 1.23. The van der Waals surface area contributed by atoms with E-state index in [-0.39, 0.29) is 18.3 Å². The molecule has 8 nitrogen and oxygen atoms in total. The predicted molar refractivity (Wildman–Crippen MR) is 123 cm³/mol. The molecule has 0 aliphatic rings. The predicted octanol–water partition coefficient (Wildman–Crippen LogP) is 3.71. The molecule has 35 heavy (non-hydrogen) atoms. The molecule has 1 aromatic carbocycles. The standard InChI is InChI=1S/C23H23F3N4O4S/c1-15-12-17(8-10-27-15)21(32)29-22-30(11-3-9-28-20(31)13-33-2)19(14-35-22)16-4-6-18(7-5-16)34-23(24,25)26/h4-8,10,12,14H,3,9,11,13H2,1-2H3,(H,28,31). The van der Waals surface area contributed by atoms with Crippen molar-refractivity contribution < 1.29 is 32.2 Å². The molecule has 1 N–H and O–H groups in total. The minimum absolute atomic E-state index is 0.0520. The number of thiazole rings is 1. The molecule has 0 radical (unpaired) electrons. The highest BCUT2D eigenvalue weighted by Gasteiger charge is 2.31. The van der Waals surface area contributed by atoms with Gasteiger partial charge in [-0.2, -0.15) is 4.99 Å². The van der Waals surface area contributed by atoms with Crippen LogP contribution in [0.2, 0.25) is 0 Å². The lowest BCUT2D eigenvalue weighted by Gasteiger charge is -2.12. The average Bonchev–Trinajstić information content (AvgIpc) is 3.18. The first-order valence-electron chi connectivity index (χ1n) is 10.5. The fourth-order valence-electron chi connectivity index (χ4n) is 3.17. The summed E-state index contributed by atoms with van der Waals surface area (Å²) in [4.78, 5) is 33.1. The van der Waals surface area contributed by atoms with Crippen molar-refractivity contribution in [3.05, 3.63) is 64.0 Å². The summed E-state index contributed by atoms with van der Waals surface area (Å²) < 4.78 is 48.0. The van der Waals surface area contributed by atoms with Gasteiger partial charge in [0.05, 0.1) is 5.69 Å². The number of nitrogens with one attached hydrogen (secondary N) is 1. The third-order valence-electron chi connectivity index (χ3n) is 4.68. The fraction of sp³-hybridized carbons (Fsp3) is 0.304. The van der Waals surface area contributed by atoms with E-state index < -0.39 is 12.3 Å². The normalized spacial score (nSPS) is 12.0. The zero-order valence-corrected chi connectivity index (χ0v) is 19.8. The number of ether oxygens (including phenoxy) is 2. The Hall–Kier alpha value is -3.51. The number of hydrogen-bond acceptors (Lipinski definition) is 6. The van der Waals surface area contributed by atoms with Gasteiger partial charge in [0.2, 0.25) is 5.91 Å². The molecule has 2 heterocycles. The van der Waals surface area contributed by atoms with Crippen molar-refractivity contribution in [1.82, 2.24) is 14.9 Å². The summed E-state index contributed by atoms with van der Waals surface area (Å²) in [5.41, 5.74) is 2.35. The van der Waals surface area contributed by atoms with Gasteiger partial charge in [-0.3, -0.25) is 14.6 Å². The average molecular weight is 509 g/mol. The van der Waals surface area contributed by atoms with Crippen LogP contribution in [0.25, 0.3) is 11.3 Å². The number of amides is 2. The number of pyridine rings is 1. The Kier molecular flexibility index (Phi) is 8.77. The molecule has 0 saturated carbocycles. The maximum atomic E-state index is 12.7. The smallest absolute Gasteiger partial charge is 0.406 e. The van der Waals surface area contributed by atoms with Crippen molar-refractivity contribution in [3.8, 4) is 17.0 Å². The van der Waals surface area contributed by atoms with Gasteiger partial charge in [-0.05, 0) is 55.3 Å². The van der Waals surface area contributed by atoms with Gasteiger partial charge in [-0.25, -0.2) is 0 Å². The van der Waals surface area contributed by atoms with Crippen LogP contribution >= 0.6 is 11.3 Å². The summed E-state index contributed by atoms with van der Waals surface area (Å²) in [5.74, 6) is -1.03. The second-order valence-corrected chi connectivity index (χ2v) is 8.20. The third-order valence-corrected chi connectivity index (χ3v) is 5.54. The maximum absolute atomic E-state index is 12.7. The van der Waals surface area contributed by atoms with E-state index in [2.05, 4.69) is 20.0 Å². The number of rotatable bonds is 9. The Labute approximate surface area is 203 Å². The van der Waals surface area contributed by atoms with Gasteiger partial charge in [-0.15, -0.1) is 24.5 Å². The molecule has 0 aliphatic heterocycles. The molecule has 3 rings (SSSR count). The third kappa shape index (κ3) is 7.76. The number of halogens is 3. The van der Waals surface area contributed by atoms with Crippen LogP contribution in [0.1, 0.15) is 22.5 Å². The Morgan fingerprint density at radius 2 is 1.94 bits per heavy atom. The molecule has 0 atom stereocenters. The molecule has 0 saturated heterocycles. The number of methoxy groups -OCH3 is 1. The second kappa shape index (κ2) is 11.8. The van der Waals surface area contributed by atoms with Crippen LogP contribution in [-0.4, -0.2) is 48.0 Å². The van der Waals surface area contributed by atoms with Crippen LogP contribution in [0.3, 0.4) is 0 Å². The van der Waals surface area contributed by atoms with E-state index in [1.807, 2.05) is 0 Å². The Bertz CT molecular complexity index is 1240. The second-order valence-electron chi connectivity index (χ2n) is 7.37. The van der Waals surface area contributed by atoms with Crippen molar-refractivity contribution in [2.45, 2.75) is 26.3 Å². The Morgan fingerprint density at radius 1 is 1.20 bits per heavy atom. The molecule has 2 aromatic heterocycles. The number of aromatic nitrogens is 2. The van der Waals surface area contributed by atoms with Crippen LogP contribution < -0.4 is 14.9 Å². The number of aryl methyl sites for hydroxylation is 1. The fourth-order valence-corrected chi connectivity index (χ4v) is 4.10. The van der Waals surface area contributed by atoms with Crippen LogP contribution in [-0.2, 0) is 16.1 Å². The summed E-state index contributed by atoms with van der Waals surface area (Å²) in [6, 6.07) is 8.64. The van der Waals surface area contributed by atoms with Gasteiger partial charge in [0.25, 0.3) is 5.91 Å². The van der Waals surface area contributed by atoms with Crippen LogP contribution in [0.4, 0.5) is 13.2 Å². The van der Waals surface area contributed by atoms with Crippen LogP contribution in [0.5, 0.6) is 5.75 Å². The summed E-state index contributed by atoms with van der Waals surface area (Å²) in [6.45, 7) is 2.47. The Morgan fingerprint density at radius 3 is 2.60 bits per heavy atom. The van der Waals surface area contributed by atoms with E-state index in [1.165, 1.54) is 48.9 Å². The lowest BCUT2D eigenvalue weighted by atomic mass is 10.1. The van der Waals surface area contributed by atoms with Crippen LogP contribution in [0.15, 0.2) is 53.0 Å². The van der Waals surface area contributed by atoms with E-state index in [1.54, 1.807) is 29.0 Å². The molecule has 186 valence electrons. The summed E-state index contributed by atoms with van der Waals surface area (Å²) in [6.07, 6.45) is -2.74. The van der Waals surface area contributed by atoms with E-state index in [0.717, 1.165) is 0 Å². The van der Waals surface area contributed by atoms with Crippen molar-refractivity contribution in [3.63, 3.8) is 0 Å². The number of hydrogen-bond donors (Lipinski definition) is 1. The van der Waals surface area contributed by atoms with Crippen LogP contribution in [0, 0.1) is 6.92 Å². The van der Waals surface area contributed by atoms with Gasteiger partial charge in [-0.1, -0.05) is 0 Å². The number of nitrogens with zero attached hydrogens (tertiary/aromatic N) is 3. The zero-order chi connectivity index (χ0) is 25.4. The molecule has 0 bridgehead atoms. The van der Waals surface area contributed by atoms with Gasteiger partial charge in [0, 0.05) is 43.0 Å². The van der Waals surface area contributed by atoms with Crippen molar-refractivity contribution in [1.29, 1.82) is 0 Å². The minimum Gasteiger partial charge on any atom is -0.406 e. The molecule has 12 heteroatoms. The molecular formula is C23H23F3N4O4S. The molecule has 0 spiro atoms. The molecule has 0 unspecified atom stereocenters. The highest BCUT2D eigenvalue weighted by atomic mass is 32.1. The number of benzene rings is 1. The van der Waals surface area contributed by atoms with Crippen molar-refractivity contribution in [2.24, 2.45) is 4.99 Å². The monoisotopic (exact) mass is 508 g/mol. The molecular weight excluding hydrogens is 485 g/mol. The van der Waals surface area contributed by atoms with E-state index in [4.69, 9.17) is 4.74 Å². The van der Waals surface area contributed by atoms with E-state index >= 15 is 0 Å². The zero-order valence-electron chi connectivity index (χ0n) is 19.0. The van der Waals surface area contributed by atoms with Gasteiger partial charge in [0.1, 0.15) is 12.4 Å². The largest absolute Gasteiger partial charge is 0.573 e. The lowest BCUT2D eigenvalue weighted by Crippen LogP contribution is -2.29. The maximum Gasteiger partial charge on any atom is 0.573 e. The first kappa shape index (κ1) is 26.1. The molecule has 3 aromatic rings. The van der Waals surface area contributed by atoms with Crippen molar-refractivity contribution in [2.75, 3.05) is 20.3 Å². The molecule has 2 amide bonds. The van der Waals surface area contributed by atoms with Crippen molar-refractivity contribution >= 4 is 23.2 Å². The van der Waals surface area contributed by atoms with Gasteiger partial charge < -0.3 is 19.4 Å². The summed E-state index contributed by atoms with van der Waals surface area (Å²) in [5, 5.41) is 4.50. The lowest BCUT2D eigenvalue weighted by molar-refractivity contribution is -0.274. The topological polar surface area (TPSA) is 94.8 Å². The highest BCUT2D eigenvalue weighted by molar-refractivity contribution is 7.07. The van der Waals surface area contributed by atoms with Gasteiger partial charge in [0.15, 0.2) is 4.80 Å². The summed E-state index contributed by atoms with van der Waals surface area (Å²) in [7, 11) is 1.42. The number of carbonyl (C=O) groups excluding carboxylic acids is 2. The quantitative estimate of drug-likeness (QED) is 0.445. The van der Waals surface area contributed by atoms with E-state index in [0.29, 0.717) is 46.8 Å². The number of alkyl halides is 3. The number of carbonyl (C=O) groups is 2. The minimum atomic E-state index is -4.78. The highest BCUT2D eigenvalue weighted by Crippen LogP contribution is 2.27.